The number of rotatable bonds is 3. The zero-order valence-corrected chi connectivity index (χ0v) is 11.4. The zero-order valence-electron chi connectivity index (χ0n) is 9.83. The van der Waals surface area contributed by atoms with Gasteiger partial charge in [-0.25, -0.2) is 0 Å². The smallest absolute Gasteiger partial charge is 0.269 e. The van der Waals surface area contributed by atoms with E-state index in [-0.39, 0.29) is 17.7 Å². The quantitative estimate of drug-likeness (QED) is 0.834. The van der Waals surface area contributed by atoms with E-state index in [2.05, 4.69) is 26.8 Å². The van der Waals surface area contributed by atoms with Crippen molar-refractivity contribution in [1.82, 2.24) is 10.9 Å². The number of ether oxygens (including phenoxy) is 1. The van der Waals surface area contributed by atoms with Crippen molar-refractivity contribution < 1.29 is 14.3 Å². The number of hydrogen-bond acceptors (Lipinski definition) is 3. The fraction of sp³-hybridized carbons (Fsp3) is 0.333. The molecule has 0 saturated heterocycles. The second kappa shape index (κ2) is 5.39. The van der Waals surface area contributed by atoms with E-state index in [1.807, 2.05) is 0 Å². The molecule has 2 N–H and O–H groups in total. The van der Waals surface area contributed by atoms with Crippen molar-refractivity contribution in [1.29, 1.82) is 0 Å². The summed E-state index contributed by atoms with van der Waals surface area (Å²) in [6.45, 7) is 0. The molecule has 0 unspecified atom stereocenters. The Bertz CT molecular complexity index is 486. The average molecular weight is 313 g/mol. The molecule has 0 heterocycles. The summed E-state index contributed by atoms with van der Waals surface area (Å²) < 4.78 is 5.76. The molecule has 96 valence electrons. The summed E-state index contributed by atoms with van der Waals surface area (Å²) >= 11 is 3.30. The van der Waals surface area contributed by atoms with Crippen molar-refractivity contribution in [3.63, 3.8) is 0 Å². The van der Waals surface area contributed by atoms with Gasteiger partial charge in [0.1, 0.15) is 5.75 Å². The van der Waals surface area contributed by atoms with E-state index in [0.29, 0.717) is 15.8 Å². The largest absolute Gasteiger partial charge is 0.496 e. The summed E-state index contributed by atoms with van der Waals surface area (Å²) in [4.78, 5) is 23.1. The lowest BCUT2D eigenvalue weighted by atomic mass is 10.2. The Morgan fingerprint density at radius 3 is 2.61 bits per heavy atom. The molecule has 0 aliphatic heterocycles. The Kier molecular flexibility index (Phi) is 3.86. The van der Waals surface area contributed by atoms with Crippen LogP contribution in [0.25, 0.3) is 0 Å². The molecular weight excluding hydrogens is 300 g/mol. The van der Waals surface area contributed by atoms with Crippen LogP contribution in [0.5, 0.6) is 5.75 Å². The first-order valence-corrected chi connectivity index (χ1v) is 6.35. The number of methoxy groups -OCH3 is 1. The van der Waals surface area contributed by atoms with E-state index in [1.54, 1.807) is 25.3 Å². The van der Waals surface area contributed by atoms with E-state index < -0.39 is 0 Å². The minimum atomic E-state index is -0.354. The molecule has 1 fully saturated rings. The van der Waals surface area contributed by atoms with Gasteiger partial charge in [-0.1, -0.05) is 0 Å². The maximum absolute atomic E-state index is 11.8. The predicted octanol–water partition coefficient (Wildman–Crippen LogP) is 1.63. The van der Waals surface area contributed by atoms with Gasteiger partial charge < -0.3 is 4.74 Å². The van der Waals surface area contributed by atoms with Crippen LogP contribution in [0.1, 0.15) is 23.2 Å². The van der Waals surface area contributed by atoms with Crippen LogP contribution in [0, 0.1) is 5.92 Å². The molecule has 0 spiro atoms. The fourth-order valence-corrected chi connectivity index (χ4v) is 1.99. The number of carbonyl (C=O) groups excluding carboxylic acids is 2. The highest BCUT2D eigenvalue weighted by atomic mass is 79.9. The standard InChI is InChI=1S/C12H13BrN2O3/c1-18-10-5-4-8(6-9(10)13)12(17)15-14-11(16)7-2-3-7/h4-7H,2-3H2,1H3,(H,14,16)(H,15,17). The predicted molar refractivity (Wildman–Crippen MR) is 69.0 cm³/mol. The van der Waals surface area contributed by atoms with Crippen molar-refractivity contribution in [2.75, 3.05) is 7.11 Å². The van der Waals surface area contributed by atoms with Gasteiger partial charge in [0.05, 0.1) is 11.6 Å². The van der Waals surface area contributed by atoms with E-state index in [1.165, 1.54) is 0 Å². The van der Waals surface area contributed by atoms with Gasteiger partial charge in [-0.2, -0.15) is 0 Å². The molecule has 0 atom stereocenters. The number of benzene rings is 1. The van der Waals surface area contributed by atoms with Gasteiger partial charge in [0.2, 0.25) is 5.91 Å². The number of amides is 2. The Morgan fingerprint density at radius 2 is 2.06 bits per heavy atom. The maximum atomic E-state index is 11.8. The summed E-state index contributed by atoms with van der Waals surface area (Å²) in [6.07, 6.45) is 1.80. The van der Waals surface area contributed by atoms with Crippen molar-refractivity contribution in [3.05, 3.63) is 28.2 Å². The summed E-state index contributed by atoms with van der Waals surface area (Å²) in [7, 11) is 1.55. The molecule has 0 bridgehead atoms. The topological polar surface area (TPSA) is 67.4 Å². The van der Waals surface area contributed by atoms with Gasteiger partial charge in [0, 0.05) is 11.5 Å². The third-order valence-corrected chi connectivity index (χ3v) is 3.28. The van der Waals surface area contributed by atoms with Gasteiger partial charge in [0.15, 0.2) is 0 Å². The van der Waals surface area contributed by atoms with Crippen molar-refractivity contribution in [3.8, 4) is 5.75 Å². The molecule has 0 radical (unpaired) electrons. The Morgan fingerprint density at radius 1 is 1.33 bits per heavy atom. The molecule has 18 heavy (non-hydrogen) atoms. The third kappa shape index (κ3) is 3.01. The van der Waals surface area contributed by atoms with Crippen molar-refractivity contribution >= 4 is 27.7 Å². The molecule has 5 nitrogen and oxygen atoms in total. The summed E-state index contributed by atoms with van der Waals surface area (Å²) in [5.74, 6) is 0.227. The Hall–Kier alpha value is -1.56. The van der Waals surface area contributed by atoms with Crippen LogP contribution in [0.3, 0.4) is 0 Å². The van der Waals surface area contributed by atoms with E-state index in [4.69, 9.17) is 4.74 Å². The molecule has 2 rings (SSSR count). The fourth-order valence-electron chi connectivity index (χ4n) is 1.45. The lowest BCUT2D eigenvalue weighted by molar-refractivity contribution is -0.123. The molecule has 1 aliphatic rings. The highest BCUT2D eigenvalue weighted by Crippen LogP contribution is 2.28. The number of hydrazine groups is 1. The number of hydrogen-bond donors (Lipinski definition) is 2. The van der Waals surface area contributed by atoms with Crippen molar-refractivity contribution in [2.24, 2.45) is 5.92 Å². The monoisotopic (exact) mass is 312 g/mol. The second-order valence-electron chi connectivity index (χ2n) is 4.07. The molecular formula is C12H13BrN2O3. The SMILES string of the molecule is COc1ccc(C(=O)NNC(=O)C2CC2)cc1Br. The van der Waals surface area contributed by atoms with E-state index in [0.717, 1.165) is 12.8 Å². The van der Waals surface area contributed by atoms with Crippen LogP contribution in [-0.2, 0) is 4.79 Å². The van der Waals surface area contributed by atoms with Crippen LogP contribution >= 0.6 is 15.9 Å². The molecule has 2 amide bonds. The average Bonchev–Trinajstić information content (AvgIpc) is 3.19. The molecule has 0 aromatic heterocycles. The maximum Gasteiger partial charge on any atom is 0.269 e. The summed E-state index contributed by atoms with van der Waals surface area (Å²) in [6, 6.07) is 4.95. The number of carbonyl (C=O) groups is 2. The molecule has 1 aliphatic carbocycles. The molecule has 1 aromatic rings. The Labute approximate surface area is 113 Å². The highest BCUT2D eigenvalue weighted by Gasteiger charge is 2.29. The van der Waals surface area contributed by atoms with E-state index in [9.17, 15) is 9.59 Å². The number of nitrogens with one attached hydrogen (secondary N) is 2. The van der Waals surface area contributed by atoms with Crippen LogP contribution in [0.2, 0.25) is 0 Å². The van der Waals surface area contributed by atoms with Crippen LogP contribution in [0.4, 0.5) is 0 Å². The minimum Gasteiger partial charge on any atom is -0.496 e. The lowest BCUT2D eigenvalue weighted by Gasteiger charge is -2.08. The van der Waals surface area contributed by atoms with Gasteiger partial charge in [-0.15, -0.1) is 0 Å². The van der Waals surface area contributed by atoms with Gasteiger partial charge in [-0.05, 0) is 47.0 Å². The van der Waals surface area contributed by atoms with Gasteiger partial charge >= 0.3 is 0 Å². The molecule has 1 aromatic carbocycles. The van der Waals surface area contributed by atoms with Crippen LogP contribution < -0.4 is 15.6 Å². The summed E-state index contributed by atoms with van der Waals surface area (Å²) in [5.41, 5.74) is 5.23. The molecule has 1 saturated carbocycles. The summed E-state index contributed by atoms with van der Waals surface area (Å²) in [5, 5.41) is 0. The molecule has 6 heteroatoms. The first-order valence-electron chi connectivity index (χ1n) is 5.55. The zero-order chi connectivity index (χ0) is 13.1. The normalized spacial score (nSPS) is 13.9. The van der Waals surface area contributed by atoms with Gasteiger partial charge in [-0.3, -0.25) is 20.4 Å². The first-order chi connectivity index (χ1) is 8.61. The van der Waals surface area contributed by atoms with E-state index >= 15 is 0 Å². The van der Waals surface area contributed by atoms with Crippen molar-refractivity contribution in [2.45, 2.75) is 12.8 Å². The first kappa shape index (κ1) is 12.9. The lowest BCUT2D eigenvalue weighted by Crippen LogP contribution is -2.42. The third-order valence-electron chi connectivity index (χ3n) is 2.66. The highest BCUT2D eigenvalue weighted by molar-refractivity contribution is 9.10. The van der Waals surface area contributed by atoms with Crippen LogP contribution in [0.15, 0.2) is 22.7 Å². The second-order valence-corrected chi connectivity index (χ2v) is 4.92. The number of halogens is 1. The van der Waals surface area contributed by atoms with Gasteiger partial charge in [0.25, 0.3) is 5.91 Å². The minimum absolute atomic E-state index is 0.0629. The van der Waals surface area contributed by atoms with Crippen LogP contribution in [-0.4, -0.2) is 18.9 Å². The Balaban J connectivity index is 1.95.